The number of aliphatic hydroxyl groups is 2. The van der Waals surface area contributed by atoms with E-state index in [1.165, 1.54) is 0 Å². The topological polar surface area (TPSA) is 46.9 Å². The third-order valence-corrected chi connectivity index (χ3v) is 2.49. The fourth-order valence-corrected chi connectivity index (χ4v) is 1.49. The molecule has 0 saturated heterocycles. The van der Waals surface area contributed by atoms with Crippen molar-refractivity contribution in [3.8, 4) is 0 Å². The molecule has 18 heavy (non-hydrogen) atoms. The Morgan fingerprint density at radius 1 is 1.22 bits per heavy atom. The summed E-state index contributed by atoms with van der Waals surface area (Å²) < 4.78 is 0. The zero-order chi connectivity index (χ0) is 13.7. The Morgan fingerprint density at radius 3 is 1.94 bits per heavy atom. The number of nitrogens with zero attached hydrogens (tertiary/aromatic N) is 2. The molecule has 0 radical (unpaired) electrons. The van der Waals surface area contributed by atoms with Gasteiger partial charge in [0, 0.05) is 19.1 Å². The summed E-state index contributed by atoms with van der Waals surface area (Å²) in [6.45, 7) is 10.5. The lowest BCUT2D eigenvalue weighted by molar-refractivity contribution is 0.104. The number of hydrogen-bond acceptors (Lipinski definition) is 4. The van der Waals surface area contributed by atoms with Crippen LogP contribution in [0.1, 0.15) is 20.3 Å². The zero-order valence-corrected chi connectivity index (χ0v) is 13.1. The maximum Gasteiger partial charge on any atom is 0.0586 e. The van der Waals surface area contributed by atoms with Gasteiger partial charge < -0.3 is 15.1 Å². The Kier molecular flexibility index (Phi) is 21.6. The van der Waals surface area contributed by atoms with Crippen LogP contribution in [0, 0.1) is 0 Å². The summed E-state index contributed by atoms with van der Waals surface area (Å²) in [4.78, 5) is 4.15. The normalized spacial score (nSPS) is 11.6. The highest BCUT2D eigenvalue weighted by molar-refractivity contribution is 5.85. The van der Waals surface area contributed by atoms with E-state index in [9.17, 15) is 0 Å². The van der Waals surface area contributed by atoms with Gasteiger partial charge in [-0.05, 0) is 27.1 Å². The summed E-state index contributed by atoms with van der Waals surface area (Å²) in [5.41, 5.74) is 0. The summed E-state index contributed by atoms with van der Waals surface area (Å²) >= 11 is 0. The van der Waals surface area contributed by atoms with Crippen LogP contribution in [0.2, 0.25) is 0 Å². The summed E-state index contributed by atoms with van der Waals surface area (Å²) in [5, 5.41) is 17.6. The average molecular weight is 283 g/mol. The van der Waals surface area contributed by atoms with Crippen molar-refractivity contribution in [3.63, 3.8) is 0 Å². The first-order chi connectivity index (χ1) is 8.06. The van der Waals surface area contributed by atoms with Crippen molar-refractivity contribution < 1.29 is 10.2 Å². The third-order valence-electron chi connectivity index (χ3n) is 2.49. The molecule has 0 aliphatic heterocycles. The summed E-state index contributed by atoms with van der Waals surface area (Å²) in [7, 11) is 4.03. The molecule has 0 aromatic rings. The molecule has 1 atom stereocenters. The van der Waals surface area contributed by atoms with E-state index < -0.39 is 0 Å². The van der Waals surface area contributed by atoms with Crippen LogP contribution in [0.15, 0.2) is 12.7 Å². The second kappa shape index (κ2) is 16.9. The molecule has 0 heterocycles. The van der Waals surface area contributed by atoms with Crippen LogP contribution in [0.25, 0.3) is 0 Å². The molecule has 0 spiro atoms. The third kappa shape index (κ3) is 13.9. The quantitative estimate of drug-likeness (QED) is 0.658. The van der Waals surface area contributed by atoms with Crippen molar-refractivity contribution in [2.24, 2.45) is 0 Å². The van der Waals surface area contributed by atoms with Crippen LogP contribution in [-0.4, -0.2) is 73.0 Å². The summed E-state index contributed by atoms with van der Waals surface area (Å²) in [5.74, 6) is 0. The van der Waals surface area contributed by atoms with Gasteiger partial charge >= 0.3 is 0 Å². The highest BCUT2D eigenvalue weighted by Crippen LogP contribution is 2.01. The first kappa shape index (κ1) is 23.0. The lowest BCUT2D eigenvalue weighted by Crippen LogP contribution is -2.39. The molecule has 0 aliphatic carbocycles. The fraction of sp³-hybridized carbons (Fsp3) is 0.846. The molecular weight excluding hydrogens is 252 g/mol. The number of hydrogen-bond donors (Lipinski definition) is 2. The SMILES string of the molecule is C=CCN(C)C.CCC(CO)N(CC)CCO.Cl. The van der Waals surface area contributed by atoms with E-state index in [1.807, 2.05) is 34.0 Å². The zero-order valence-electron chi connectivity index (χ0n) is 12.3. The smallest absolute Gasteiger partial charge is 0.0586 e. The minimum Gasteiger partial charge on any atom is -0.395 e. The van der Waals surface area contributed by atoms with E-state index in [2.05, 4.69) is 16.4 Å². The lowest BCUT2D eigenvalue weighted by Gasteiger charge is -2.27. The van der Waals surface area contributed by atoms with Crippen LogP contribution in [-0.2, 0) is 0 Å². The van der Waals surface area contributed by atoms with Crippen molar-refractivity contribution in [2.75, 3.05) is 46.9 Å². The molecule has 0 aromatic heterocycles. The van der Waals surface area contributed by atoms with Gasteiger partial charge in [-0.1, -0.05) is 19.9 Å². The van der Waals surface area contributed by atoms with E-state index in [0.717, 1.165) is 19.5 Å². The molecule has 112 valence electrons. The van der Waals surface area contributed by atoms with Crippen molar-refractivity contribution in [1.82, 2.24) is 9.80 Å². The number of likely N-dealkylation sites (N-methyl/N-ethyl adjacent to an activating group) is 2. The van der Waals surface area contributed by atoms with E-state index in [-0.39, 0.29) is 31.7 Å². The Hall–Kier alpha value is -0.130. The van der Waals surface area contributed by atoms with Gasteiger partial charge in [-0.25, -0.2) is 0 Å². The van der Waals surface area contributed by atoms with Crippen LogP contribution in [0.5, 0.6) is 0 Å². The van der Waals surface area contributed by atoms with Gasteiger partial charge in [0.1, 0.15) is 0 Å². The van der Waals surface area contributed by atoms with Gasteiger partial charge in [0.2, 0.25) is 0 Å². The molecule has 2 N–H and O–H groups in total. The predicted octanol–water partition coefficient (Wildman–Crippen LogP) is 1.23. The Labute approximate surface area is 119 Å². The van der Waals surface area contributed by atoms with Gasteiger partial charge in [0.05, 0.1) is 13.2 Å². The summed E-state index contributed by atoms with van der Waals surface area (Å²) in [6.07, 6.45) is 2.81. The molecule has 4 nitrogen and oxygen atoms in total. The molecule has 0 aliphatic rings. The second-order valence-electron chi connectivity index (χ2n) is 4.15. The van der Waals surface area contributed by atoms with E-state index in [1.54, 1.807) is 0 Å². The van der Waals surface area contributed by atoms with Crippen LogP contribution in [0.4, 0.5) is 0 Å². The first-order valence-corrected chi connectivity index (χ1v) is 6.28. The standard InChI is InChI=1S/C8H19NO2.C5H11N.ClH/c1-3-8(7-11)9(4-2)5-6-10;1-4-5-6(2)3;/h8,10-11H,3-7H2,1-2H3;4H,1,5H2,2-3H3;1H. The highest BCUT2D eigenvalue weighted by atomic mass is 35.5. The van der Waals surface area contributed by atoms with Crippen molar-refractivity contribution in [2.45, 2.75) is 26.3 Å². The van der Waals surface area contributed by atoms with Gasteiger partial charge in [-0.2, -0.15) is 0 Å². The maximum atomic E-state index is 8.93. The van der Waals surface area contributed by atoms with E-state index in [0.29, 0.717) is 6.54 Å². The van der Waals surface area contributed by atoms with E-state index in [4.69, 9.17) is 10.2 Å². The molecule has 0 fully saturated rings. The van der Waals surface area contributed by atoms with Gasteiger partial charge in [0.25, 0.3) is 0 Å². The average Bonchev–Trinajstić information content (AvgIpc) is 2.30. The molecule has 0 bridgehead atoms. The van der Waals surface area contributed by atoms with Crippen LogP contribution in [0.3, 0.4) is 0 Å². The summed E-state index contributed by atoms with van der Waals surface area (Å²) in [6, 6.07) is 0.215. The number of aliphatic hydroxyl groups excluding tert-OH is 2. The lowest BCUT2D eigenvalue weighted by atomic mass is 10.2. The largest absolute Gasteiger partial charge is 0.395 e. The second-order valence-corrected chi connectivity index (χ2v) is 4.15. The van der Waals surface area contributed by atoms with Gasteiger partial charge in [-0.15, -0.1) is 19.0 Å². The number of halogens is 1. The fourth-order valence-electron chi connectivity index (χ4n) is 1.49. The molecule has 0 saturated carbocycles. The predicted molar refractivity (Wildman–Crippen MR) is 81.5 cm³/mol. The van der Waals surface area contributed by atoms with Crippen molar-refractivity contribution in [3.05, 3.63) is 12.7 Å². The Balaban J connectivity index is -0.000000277. The molecule has 1 unspecified atom stereocenters. The number of rotatable bonds is 8. The molecule has 0 rings (SSSR count). The molecular formula is C13H31ClN2O2. The highest BCUT2D eigenvalue weighted by Gasteiger charge is 2.12. The molecule has 0 aromatic carbocycles. The van der Waals surface area contributed by atoms with Crippen LogP contribution < -0.4 is 0 Å². The molecule has 0 amide bonds. The van der Waals surface area contributed by atoms with Crippen LogP contribution >= 0.6 is 12.4 Å². The molecule has 5 heteroatoms. The maximum absolute atomic E-state index is 8.93. The van der Waals surface area contributed by atoms with Gasteiger partial charge in [-0.3, -0.25) is 4.90 Å². The minimum atomic E-state index is 0. The van der Waals surface area contributed by atoms with Crippen molar-refractivity contribution >= 4 is 12.4 Å². The monoisotopic (exact) mass is 282 g/mol. The van der Waals surface area contributed by atoms with E-state index >= 15 is 0 Å². The Morgan fingerprint density at radius 2 is 1.78 bits per heavy atom. The van der Waals surface area contributed by atoms with Crippen molar-refractivity contribution in [1.29, 1.82) is 0 Å². The first-order valence-electron chi connectivity index (χ1n) is 6.28. The minimum absolute atomic E-state index is 0. The van der Waals surface area contributed by atoms with Gasteiger partial charge in [0.15, 0.2) is 0 Å². The Bertz CT molecular complexity index is 165.